The molecule has 0 spiro atoms. The van der Waals surface area contributed by atoms with E-state index in [2.05, 4.69) is 4.98 Å². The minimum Gasteiger partial charge on any atom is -0.248 e. The maximum absolute atomic E-state index is 13.5. The van der Waals surface area contributed by atoms with E-state index in [9.17, 15) is 13.2 Å². The summed E-state index contributed by atoms with van der Waals surface area (Å²) in [4.78, 5) is 4.26. The summed E-state index contributed by atoms with van der Waals surface area (Å²) in [7, 11) is 0. The van der Waals surface area contributed by atoms with Crippen LogP contribution in [0.1, 0.15) is 5.56 Å². The Hall–Kier alpha value is -0.880. The van der Waals surface area contributed by atoms with E-state index in [1.165, 1.54) is 24.3 Å². The van der Waals surface area contributed by atoms with Crippen molar-refractivity contribution in [2.24, 2.45) is 0 Å². The molecule has 1 aromatic heterocycles. The highest BCUT2D eigenvalue weighted by atomic mass is 35.5. The maximum atomic E-state index is 13.5. The molecule has 10 heteroatoms. The monoisotopic (exact) mass is 503 g/mol. The molecule has 0 radical (unpaired) electrons. The zero-order valence-electron chi connectivity index (χ0n) is 13.3. The van der Waals surface area contributed by atoms with E-state index in [-0.39, 0.29) is 52.7 Å². The summed E-state index contributed by atoms with van der Waals surface area (Å²) in [6.45, 7) is 0. The first-order valence-electron chi connectivity index (χ1n) is 7.37. The molecule has 0 aliphatic heterocycles. The summed E-state index contributed by atoms with van der Waals surface area (Å²) in [6.07, 6.45) is -4.68. The molecule has 1 heterocycles. The average Bonchev–Trinajstić information content (AvgIpc) is 2.61. The van der Waals surface area contributed by atoms with Gasteiger partial charge in [-0.3, -0.25) is 0 Å². The van der Waals surface area contributed by atoms with Crippen LogP contribution in [0, 0.1) is 0 Å². The predicted octanol–water partition coefficient (Wildman–Crippen LogP) is 9.35. The van der Waals surface area contributed by atoms with Gasteiger partial charge in [0.2, 0.25) is 0 Å². The predicted molar refractivity (Wildman–Crippen MR) is 110 cm³/mol. The Labute approximate surface area is 187 Å². The standard InChI is InChI=1S/C18H6Cl6F3N/c19-8-1-3-10(21)16(23)14(8)12-5-7(18(25,26)27)6-13(28-12)15-9(20)2-4-11(22)17(15)24/h1-6H. The lowest BCUT2D eigenvalue weighted by Crippen LogP contribution is -2.07. The smallest absolute Gasteiger partial charge is 0.248 e. The van der Waals surface area contributed by atoms with Gasteiger partial charge in [-0.15, -0.1) is 0 Å². The van der Waals surface area contributed by atoms with Gasteiger partial charge in [-0.1, -0.05) is 69.6 Å². The highest BCUT2D eigenvalue weighted by Gasteiger charge is 2.33. The summed E-state index contributed by atoms with van der Waals surface area (Å²) in [5.74, 6) is 0. The second-order valence-electron chi connectivity index (χ2n) is 5.56. The highest BCUT2D eigenvalue weighted by Crippen LogP contribution is 2.44. The van der Waals surface area contributed by atoms with E-state index in [4.69, 9.17) is 69.6 Å². The second kappa shape index (κ2) is 8.10. The number of hydrogen-bond donors (Lipinski definition) is 0. The van der Waals surface area contributed by atoms with Crippen molar-refractivity contribution in [1.29, 1.82) is 0 Å². The van der Waals surface area contributed by atoms with Gasteiger partial charge in [0.05, 0.1) is 47.1 Å². The molecule has 28 heavy (non-hydrogen) atoms. The largest absolute Gasteiger partial charge is 0.416 e. The molecule has 3 aromatic rings. The third-order valence-corrected chi connectivity index (χ3v) is 5.99. The molecule has 0 aliphatic rings. The second-order valence-corrected chi connectivity index (χ2v) is 7.95. The third kappa shape index (κ3) is 4.18. The Balaban J connectivity index is 2.39. The SMILES string of the molecule is FC(F)(F)c1cc(-c2c(Cl)ccc(Cl)c2Cl)nc(-c2c(Cl)ccc(Cl)c2Cl)c1. The molecule has 3 rings (SSSR count). The molecule has 0 N–H and O–H groups in total. The van der Waals surface area contributed by atoms with Gasteiger partial charge in [-0.05, 0) is 36.4 Å². The minimum atomic E-state index is -4.68. The van der Waals surface area contributed by atoms with Crippen LogP contribution in [-0.4, -0.2) is 4.98 Å². The van der Waals surface area contributed by atoms with Crippen molar-refractivity contribution in [2.75, 3.05) is 0 Å². The number of pyridine rings is 1. The maximum Gasteiger partial charge on any atom is 0.416 e. The van der Waals surface area contributed by atoms with Crippen LogP contribution in [0.5, 0.6) is 0 Å². The fourth-order valence-electron chi connectivity index (χ4n) is 2.47. The van der Waals surface area contributed by atoms with Crippen LogP contribution in [0.2, 0.25) is 30.1 Å². The number of aromatic nitrogens is 1. The van der Waals surface area contributed by atoms with Gasteiger partial charge in [0.15, 0.2) is 0 Å². The van der Waals surface area contributed by atoms with Crippen molar-refractivity contribution >= 4 is 69.6 Å². The molecule has 1 nitrogen and oxygen atoms in total. The van der Waals surface area contributed by atoms with E-state index in [0.29, 0.717) is 0 Å². The van der Waals surface area contributed by atoms with Gasteiger partial charge >= 0.3 is 6.18 Å². The Morgan fingerprint density at radius 3 is 1.32 bits per heavy atom. The number of alkyl halides is 3. The molecule has 2 aromatic carbocycles. The van der Waals surface area contributed by atoms with Crippen LogP contribution in [0.4, 0.5) is 13.2 Å². The van der Waals surface area contributed by atoms with Crippen LogP contribution in [-0.2, 0) is 6.18 Å². The van der Waals surface area contributed by atoms with Crippen molar-refractivity contribution in [2.45, 2.75) is 6.18 Å². The number of hydrogen-bond acceptors (Lipinski definition) is 1. The first-order valence-corrected chi connectivity index (χ1v) is 9.64. The minimum absolute atomic E-state index is 0.0322. The Morgan fingerprint density at radius 2 is 0.964 bits per heavy atom. The van der Waals surface area contributed by atoms with Gasteiger partial charge in [0.25, 0.3) is 0 Å². The molecule has 146 valence electrons. The molecule has 0 unspecified atom stereocenters. The molecule has 0 fully saturated rings. The summed E-state index contributed by atoms with van der Waals surface area (Å²) in [6, 6.07) is 7.31. The van der Waals surface area contributed by atoms with Crippen molar-refractivity contribution in [3.05, 3.63) is 72.1 Å². The first-order chi connectivity index (χ1) is 13.0. The summed E-state index contributed by atoms with van der Waals surface area (Å²) >= 11 is 36.6. The molecular formula is C18H6Cl6F3N. The summed E-state index contributed by atoms with van der Waals surface area (Å²) < 4.78 is 40.6. The number of nitrogens with zero attached hydrogens (tertiary/aromatic N) is 1. The molecule has 0 atom stereocenters. The van der Waals surface area contributed by atoms with E-state index in [0.717, 1.165) is 12.1 Å². The zero-order chi connectivity index (χ0) is 20.8. The van der Waals surface area contributed by atoms with Crippen LogP contribution in [0.15, 0.2) is 36.4 Å². The van der Waals surface area contributed by atoms with Crippen LogP contribution in [0.3, 0.4) is 0 Å². The van der Waals surface area contributed by atoms with Gasteiger partial charge in [-0.25, -0.2) is 4.98 Å². The van der Waals surface area contributed by atoms with Crippen LogP contribution >= 0.6 is 69.6 Å². The van der Waals surface area contributed by atoms with E-state index in [1.807, 2.05) is 0 Å². The lowest BCUT2D eigenvalue weighted by Gasteiger charge is -2.15. The lowest BCUT2D eigenvalue weighted by atomic mass is 10.0. The number of halogens is 9. The zero-order valence-corrected chi connectivity index (χ0v) is 17.8. The van der Waals surface area contributed by atoms with Gasteiger partial charge < -0.3 is 0 Å². The van der Waals surface area contributed by atoms with Crippen molar-refractivity contribution in [3.8, 4) is 22.5 Å². The normalized spacial score (nSPS) is 11.8. The summed E-state index contributed by atoms with van der Waals surface area (Å²) in [5.41, 5.74) is -1.18. The van der Waals surface area contributed by atoms with Gasteiger partial charge in [0, 0.05) is 11.1 Å². The Bertz CT molecular complexity index is 1010. The van der Waals surface area contributed by atoms with Crippen LogP contribution < -0.4 is 0 Å². The molecule has 0 saturated carbocycles. The van der Waals surface area contributed by atoms with E-state index < -0.39 is 11.7 Å². The molecule has 0 saturated heterocycles. The molecule has 0 bridgehead atoms. The van der Waals surface area contributed by atoms with E-state index >= 15 is 0 Å². The van der Waals surface area contributed by atoms with Crippen molar-refractivity contribution in [3.63, 3.8) is 0 Å². The van der Waals surface area contributed by atoms with Crippen molar-refractivity contribution < 1.29 is 13.2 Å². The van der Waals surface area contributed by atoms with E-state index in [1.54, 1.807) is 0 Å². The number of rotatable bonds is 2. The fraction of sp³-hybridized carbons (Fsp3) is 0.0556. The average molecular weight is 506 g/mol. The summed E-state index contributed by atoms with van der Waals surface area (Å²) in [5, 5.41) is 0.317. The van der Waals surface area contributed by atoms with Gasteiger partial charge in [-0.2, -0.15) is 13.2 Å². The molecule has 0 amide bonds. The topological polar surface area (TPSA) is 12.9 Å². The van der Waals surface area contributed by atoms with Crippen LogP contribution in [0.25, 0.3) is 22.5 Å². The Kier molecular flexibility index (Phi) is 6.31. The lowest BCUT2D eigenvalue weighted by molar-refractivity contribution is -0.137. The Morgan fingerprint density at radius 1 is 0.607 bits per heavy atom. The van der Waals surface area contributed by atoms with Gasteiger partial charge in [0.1, 0.15) is 0 Å². The fourth-order valence-corrected chi connectivity index (χ4v) is 3.92. The third-order valence-electron chi connectivity index (χ3n) is 3.75. The van der Waals surface area contributed by atoms with Crippen molar-refractivity contribution in [1.82, 2.24) is 4.98 Å². The molecule has 0 aliphatic carbocycles. The molecular weight excluding hydrogens is 500 g/mol. The number of benzene rings is 2. The highest BCUT2D eigenvalue weighted by molar-refractivity contribution is 6.47. The first kappa shape index (κ1) is 21.8. The quantitative estimate of drug-likeness (QED) is 0.316.